The van der Waals surface area contributed by atoms with Gasteiger partial charge in [0.05, 0.1) is 7.11 Å². The zero-order valence-corrected chi connectivity index (χ0v) is 15.8. The lowest BCUT2D eigenvalue weighted by Crippen LogP contribution is -2.41. The van der Waals surface area contributed by atoms with Crippen LogP contribution in [0.2, 0.25) is 0 Å². The number of nitrogens with one attached hydrogen (secondary N) is 1. The van der Waals surface area contributed by atoms with Crippen LogP contribution in [-0.2, 0) is 11.3 Å². The number of methoxy groups -OCH3 is 1. The number of nitrogens with zero attached hydrogens (tertiary/aromatic N) is 1. The third-order valence-electron chi connectivity index (χ3n) is 5.21. The number of aromatic hydroxyl groups is 1. The van der Waals surface area contributed by atoms with Gasteiger partial charge in [0.2, 0.25) is 5.91 Å². The van der Waals surface area contributed by atoms with Crippen molar-refractivity contribution in [3.63, 3.8) is 0 Å². The number of amides is 1. The molecule has 2 N–H and O–H groups in total. The molecule has 1 aliphatic heterocycles. The van der Waals surface area contributed by atoms with Gasteiger partial charge in [-0.3, -0.25) is 9.69 Å². The van der Waals surface area contributed by atoms with E-state index in [-0.39, 0.29) is 11.7 Å². The Morgan fingerprint density at radius 1 is 1.36 bits per heavy atom. The van der Waals surface area contributed by atoms with Crippen LogP contribution in [0.3, 0.4) is 0 Å². The number of carbonyl (C=O) groups excluding carboxylic acids is 1. The minimum atomic E-state index is 0.187. The highest BCUT2D eigenvalue weighted by Gasteiger charge is 2.29. The molecule has 0 spiro atoms. The Morgan fingerprint density at radius 2 is 2.16 bits per heavy atom. The summed E-state index contributed by atoms with van der Waals surface area (Å²) in [6.07, 6.45) is 3.73. The fourth-order valence-corrected chi connectivity index (χ4v) is 3.65. The molecule has 1 amide bonds. The minimum Gasteiger partial charge on any atom is -0.507 e. The summed E-state index contributed by atoms with van der Waals surface area (Å²) in [5.41, 5.74) is 0.926. The summed E-state index contributed by atoms with van der Waals surface area (Å²) in [5.74, 6) is 2.13. The van der Waals surface area contributed by atoms with Gasteiger partial charge in [-0.25, -0.2) is 0 Å². The molecule has 0 radical (unpaired) electrons. The van der Waals surface area contributed by atoms with E-state index >= 15 is 0 Å². The van der Waals surface area contributed by atoms with E-state index in [9.17, 15) is 9.90 Å². The molecule has 2 rings (SSSR count). The first-order valence-electron chi connectivity index (χ1n) is 9.42. The molecule has 5 nitrogen and oxygen atoms in total. The predicted molar refractivity (Wildman–Crippen MR) is 99.7 cm³/mol. The summed E-state index contributed by atoms with van der Waals surface area (Å²) in [7, 11) is 1.60. The van der Waals surface area contributed by atoms with Crippen molar-refractivity contribution < 1.29 is 14.6 Å². The van der Waals surface area contributed by atoms with Gasteiger partial charge in [-0.2, -0.15) is 0 Å². The zero-order chi connectivity index (χ0) is 18.2. The second kappa shape index (κ2) is 9.66. The Morgan fingerprint density at radius 3 is 2.80 bits per heavy atom. The Bertz CT molecular complexity index is 562. The van der Waals surface area contributed by atoms with Gasteiger partial charge in [-0.1, -0.05) is 26.3 Å². The van der Waals surface area contributed by atoms with Gasteiger partial charge < -0.3 is 15.2 Å². The first kappa shape index (κ1) is 19.6. The second-order valence-corrected chi connectivity index (χ2v) is 7.00. The van der Waals surface area contributed by atoms with Crippen molar-refractivity contribution in [2.75, 3.05) is 26.7 Å². The number of likely N-dealkylation sites (tertiary alicyclic amines) is 1. The molecule has 2 atom stereocenters. The summed E-state index contributed by atoms with van der Waals surface area (Å²) in [5, 5.41) is 13.2. The number of hydrogen-bond acceptors (Lipinski definition) is 4. The monoisotopic (exact) mass is 348 g/mol. The zero-order valence-electron chi connectivity index (χ0n) is 15.8. The van der Waals surface area contributed by atoms with Gasteiger partial charge in [0.15, 0.2) is 0 Å². The summed E-state index contributed by atoms with van der Waals surface area (Å²) in [4.78, 5) is 14.4. The molecule has 1 aliphatic rings. The van der Waals surface area contributed by atoms with Crippen LogP contribution < -0.4 is 10.1 Å². The third-order valence-corrected chi connectivity index (χ3v) is 5.21. The van der Waals surface area contributed by atoms with Gasteiger partial charge in [-0.15, -0.1) is 0 Å². The second-order valence-electron chi connectivity index (χ2n) is 7.00. The van der Waals surface area contributed by atoms with E-state index in [0.29, 0.717) is 24.0 Å². The third kappa shape index (κ3) is 5.63. The molecule has 0 bridgehead atoms. The lowest BCUT2D eigenvalue weighted by atomic mass is 9.81. The average molecular weight is 348 g/mol. The van der Waals surface area contributed by atoms with Crippen molar-refractivity contribution in [1.29, 1.82) is 0 Å². The van der Waals surface area contributed by atoms with Gasteiger partial charge in [0, 0.05) is 37.7 Å². The van der Waals surface area contributed by atoms with Crippen LogP contribution in [0.4, 0.5) is 0 Å². The maximum absolute atomic E-state index is 12.0. The van der Waals surface area contributed by atoms with Crippen LogP contribution >= 0.6 is 0 Å². The Kier molecular flexibility index (Phi) is 7.56. The number of carbonyl (C=O) groups is 1. The topological polar surface area (TPSA) is 61.8 Å². The van der Waals surface area contributed by atoms with E-state index in [1.54, 1.807) is 13.2 Å². The number of rotatable bonds is 8. The maximum Gasteiger partial charge on any atom is 0.220 e. The predicted octanol–water partition coefficient (Wildman–Crippen LogP) is 3.17. The quantitative estimate of drug-likeness (QED) is 0.757. The highest BCUT2D eigenvalue weighted by Crippen LogP contribution is 2.31. The van der Waals surface area contributed by atoms with Crippen LogP contribution in [-0.4, -0.2) is 42.7 Å². The van der Waals surface area contributed by atoms with Crippen molar-refractivity contribution in [3.05, 3.63) is 23.8 Å². The lowest BCUT2D eigenvalue weighted by Gasteiger charge is -2.38. The van der Waals surface area contributed by atoms with Gasteiger partial charge in [0.1, 0.15) is 11.5 Å². The fraction of sp³-hybridized carbons (Fsp3) is 0.650. The molecule has 1 aromatic rings. The smallest absolute Gasteiger partial charge is 0.220 e. The minimum absolute atomic E-state index is 0.187. The van der Waals surface area contributed by atoms with E-state index in [0.717, 1.165) is 51.0 Å². The van der Waals surface area contributed by atoms with Crippen molar-refractivity contribution in [1.82, 2.24) is 10.2 Å². The summed E-state index contributed by atoms with van der Waals surface area (Å²) in [6.45, 7) is 7.73. The van der Waals surface area contributed by atoms with Crippen molar-refractivity contribution in [2.45, 2.75) is 46.1 Å². The molecule has 5 heteroatoms. The van der Waals surface area contributed by atoms with Crippen molar-refractivity contribution in [3.8, 4) is 11.5 Å². The molecule has 140 valence electrons. The highest BCUT2D eigenvalue weighted by molar-refractivity contribution is 5.76. The average Bonchev–Trinajstić information content (AvgIpc) is 2.62. The molecule has 25 heavy (non-hydrogen) atoms. The number of benzene rings is 1. The first-order valence-corrected chi connectivity index (χ1v) is 9.42. The van der Waals surface area contributed by atoms with Gasteiger partial charge >= 0.3 is 0 Å². The van der Waals surface area contributed by atoms with E-state index in [1.165, 1.54) is 0 Å². The number of phenols is 1. The Balaban J connectivity index is 1.91. The molecule has 1 saturated heterocycles. The van der Waals surface area contributed by atoms with Crippen molar-refractivity contribution in [2.24, 2.45) is 11.8 Å². The lowest BCUT2D eigenvalue weighted by molar-refractivity contribution is -0.122. The largest absolute Gasteiger partial charge is 0.507 e. The summed E-state index contributed by atoms with van der Waals surface area (Å²) >= 11 is 0. The van der Waals surface area contributed by atoms with E-state index in [2.05, 4.69) is 24.1 Å². The van der Waals surface area contributed by atoms with Crippen LogP contribution in [0, 0.1) is 11.8 Å². The molecule has 0 saturated carbocycles. The normalized spacial score (nSPS) is 21.1. The highest BCUT2D eigenvalue weighted by atomic mass is 16.5. The van der Waals surface area contributed by atoms with Gasteiger partial charge in [-0.05, 0) is 37.3 Å². The van der Waals surface area contributed by atoms with Crippen LogP contribution in [0.1, 0.15) is 45.1 Å². The number of phenolic OH excluding ortho intramolecular Hbond substituents is 1. The molecule has 1 fully saturated rings. The van der Waals surface area contributed by atoms with Crippen LogP contribution in [0.5, 0.6) is 11.5 Å². The standard InChI is InChI=1S/C20H32N2O3/c1-4-9-21-20(24)11-16-8-10-22(13-15(16)5-2)14-17-6-7-18(25-3)12-19(17)23/h6-7,12,15-16,23H,4-5,8-11,13-14H2,1-3H3,(H,21,24)/t15-,16-/m0/s1. The Hall–Kier alpha value is -1.75. The summed E-state index contributed by atoms with van der Waals surface area (Å²) < 4.78 is 5.14. The molecular formula is C20H32N2O3. The molecule has 0 unspecified atom stereocenters. The first-order chi connectivity index (χ1) is 12.1. The summed E-state index contributed by atoms with van der Waals surface area (Å²) in [6, 6.07) is 5.48. The van der Waals surface area contributed by atoms with Crippen LogP contribution in [0.25, 0.3) is 0 Å². The Labute approximate surface area is 151 Å². The molecule has 1 heterocycles. The maximum atomic E-state index is 12.0. The number of piperidine rings is 1. The molecule has 0 aliphatic carbocycles. The fourth-order valence-electron chi connectivity index (χ4n) is 3.65. The molecule has 0 aromatic heterocycles. The SMILES string of the molecule is CCCNC(=O)C[C@@H]1CCN(Cc2ccc(OC)cc2O)C[C@@H]1CC. The van der Waals surface area contributed by atoms with E-state index in [4.69, 9.17) is 4.74 Å². The molecule has 1 aromatic carbocycles. The van der Waals surface area contributed by atoms with Crippen molar-refractivity contribution >= 4 is 5.91 Å². The van der Waals surface area contributed by atoms with E-state index in [1.807, 2.05) is 12.1 Å². The van der Waals surface area contributed by atoms with Crippen LogP contribution in [0.15, 0.2) is 18.2 Å². The molecular weight excluding hydrogens is 316 g/mol. The number of ether oxygens (including phenoxy) is 1. The van der Waals surface area contributed by atoms with E-state index < -0.39 is 0 Å². The number of hydrogen-bond donors (Lipinski definition) is 2. The van der Waals surface area contributed by atoms with Gasteiger partial charge in [0.25, 0.3) is 0 Å².